The van der Waals surface area contributed by atoms with Gasteiger partial charge in [-0.25, -0.2) is 0 Å². The lowest BCUT2D eigenvalue weighted by molar-refractivity contribution is -0.122. The molecule has 1 atom stereocenters. The maximum atomic E-state index is 12.4. The lowest BCUT2D eigenvalue weighted by Gasteiger charge is -2.16. The summed E-state index contributed by atoms with van der Waals surface area (Å²) in [6.45, 7) is 6.46. The van der Waals surface area contributed by atoms with Crippen LogP contribution in [0.4, 0.5) is 5.69 Å². The molecule has 0 spiro atoms. The van der Waals surface area contributed by atoms with E-state index in [1.165, 1.54) is 5.56 Å². The Kier molecular flexibility index (Phi) is 7.98. The number of rotatable bonds is 9. The van der Waals surface area contributed by atoms with Gasteiger partial charge in [0.05, 0.1) is 12.3 Å². The number of hydrogen-bond acceptors (Lipinski definition) is 3. The fourth-order valence-corrected chi connectivity index (χ4v) is 2.99. The summed E-state index contributed by atoms with van der Waals surface area (Å²) >= 11 is 3.54. The number of amides is 1. The molecule has 1 N–H and O–H groups in total. The first-order valence-corrected chi connectivity index (χ1v) is 9.81. The average Bonchev–Trinajstić information content (AvgIpc) is 2.63. The molecule has 4 nitrogen and oxygen atoms in total. The number of carbonyl (C=O) groups excluding carboxylic acids is 1. The Morgan fingerprint density at radius 3 is 2.42 bits per heavy atom. The van der Waals surface area contributed by atoms with Gasteiger partial charge in [0.15, 0.2) is 6.10 Å². The van der Waals surface area contributed by atoms with Crippen molar-refractivity contribution in [2.45, 2.75) is 46.1 Å². The summed E-state index contributed by atoms with van der Waals surface area (Å²) < 4.78 is 12.0. The Morgan fingerprint density at radius 1 is 1.12 bits per heavy atom. The second-order valence-electron chi connectivity index (χ2n) is 6.07. The van der Waals surface area contributed by atoms with E-state index >= 15 is 0 Å². The Morgan fingerprint density at radius 2 is 1.81 bits per heavy atom. The number of carbonyl (C=O) groups is 1. The maximum Gasteiger partial charge on any atom is 0.265 e. The van der Waals surface area contributed by atoms with E-state index in [-0.39, 0.29) is 5.91 Å². The van der Waals surface area contributed by atoms with Gasteiger partial charge in [0.1, 0.15) is 11.5 Å². The van der Waals surface area contributed by atoms with Gasteiger partial charge in [-0.15, -0.1) is 0 Å². The molecule has 0 saturated carbocycles. The van der Waals surface area contributed by atoms with Crippen LogP contribution in [-0.2, 0) is 11.2 Å². The molecule has 2 rings (SSSR count). The highest BCUT2D eigenvalue weighted by molar-refractivity contribution is 9.10. The minimum Gasteiger partial charge on any atom is -0.494 e. The largest absolute Gasteiger partial charge is 0.494 e. The number of aryl methyl sites for hydroxylation is 1. The minimum absolute atomic E-state index is 0.194. The number of hydrogen-bond donors (Lipinski definition) is 1. The number of benzene rings is 2. The van der Waals surface area contributed by atoms with E-state index in [9.17, 15) is 4.79 Å². The molecule has 0 aromatic heterocycles. The van der Waals surface area contributed by atoms with Crippen LogP contribution < -0.4 is 14.8 Å². The lowest BCUT2D eigenvalue weighted by Crippen LogP contribution is -2.30. The van der Waals surface area contributed by atoms with Crippen LogP contribution in [0.1, 0.15) is 39.2 Å². The third kappa shape index (κ3) is 6.06. The van der Waals surface area contributed by atoms with Crippen molar-refractivity contribution in [3.8, 4) is 11.5 Å². The van der Waals surface area contributed by atoms with Gasteiger partial charge in [-0.2, -0.15) is 0 Å². The molecule has 0 radical (unpaired) electrons. The number of unbranched alkanes of at least 4 members (excludes halogenated alkanes) is 1. The maximum absolute atomic E-state index is 12.4. The molecule has 0 aliphatic carbocycles. The molecule has 26 heavy (non-hydrogen) atoms. The molecule has 0 saturated heterocycles. The number of halogens is 1. The first-order valence-electron chi connectivity index (χ1n) is 9.02. The highest BCUT2D eigenvalue weighted by Gasteiger charge is 2.16. The smallest absolute Gasteiger partial charge is 0.265 e. The summed E-state index contributed by atoms with van der Waals surface area (Å²) in [5.74, 6) is 1.22. The van der Waals surface area contributed by atoms with Crippen LogP contribution in [0.3, 0.4) is 0 Å². The predicted molar refractivity (Wildman–Crippen MR) is 109 cm³/mol. The molecule has 0 aliphatic heterocycles. The van der Waals surface area contributed by atoms with Crippen molar-refractivity contribution < 1.29 is 14.3 Å². The monoisotopic (exact) mass is 419 g/mol. The van der Waals surface area contributed by atoms with Crippen molar-refractivity contribution in [3.63, 3.8) is 0 Å². The Labute approximate surface area is 164 Å². The van der Waals surface area contributed by atoms with Crippen LogP contribution in [0.25, 0.3) is 0 Å². The summed E-state index contributed by atoms with van der Waals surface area (Å²) in [6, 6.07) is 13.3. The topological polar surface area (TPSA) is 47.6 Å². The molecular weight excluding hydrogens is 394 g/mol. The van der Waals surface area contributed by atoms with Gasteiger partial charge in [-0.1, -0.05) is 19.4 Å². The third-order valence-electron chi connectivity index (χ3n) is 3.93. The molecule has 1 unspecified atom stereocenters. The molecule has 0 fully saturated rings. The standard InChI is InChI=1S/C21H26BrNO3/c1-4-6-7-16-8-13-20(19(22)14-16)23-21(24)15(3)26-18-11-9-17(10-12-18)25-5-2/h8-15H,4-7H2,1-3H3,(H,23,24). The van der Waals surface area contributed by atoms with E-state index in [1.54, 1.807) is 19.1 Å². The van der Waals surface area contributed by atoms with Crippen LogP contribution in [-0.4, -0.2) is 18.6 Å². The Hall–Kier alpha value is -2.01. The van der Waals surface area contributed by atoms with E-state index in [0.29, 0.717) is 12.4 Å². The summed E-state index contributed by atoms with van der Waals surface area (Å²) in [7, 11) is 0. The molecule has 5 heteroatoms. The second kappa shape index (κ2) is 10.2. The summed E-state index contributed by atoms with van der Waals surface area (Å²) in [5, 5.41) is 2.91. The molecule has 0 aliphatic rings. The first-order chi connectivity index (χ1) is 12.5. The van der Waals surface area contributed by atoms with Crippen molar-refractivity contribution in [3.05, 3.63) is 52.5 Å². The van der Waals surface area contributed by atoms with Gasteiger partial charge < -0.3 is 14.8 Å². The van der Waals surface area contributed by atoms with Crippen molar-refractivity contribution in [2.75, 3.05) is 11.9 Å². The van der Waals surface area contributed by atoms with Crippen LogP contribution in [0, 0.1) is 0 Å². The highest BCUT2D eigenvalue weighted by Crippen LogP contribution is 2.25. The van der Waals surface area contributed by atoms with E-state index in [0.717, 1.165) is 35.2 Å². The molecule has 2 aromatic carbocycles. The van der Waals surface area contributed by atoms with E-state index in [2.05, 4.69) is 34.2 Å². The summed E-state index contributed by atoms with van der Waals surface area (Å²) in [4.78, 5) is 12.4. The van der Waals surface area contributed by atoms with Gasteiger partial charge in [0.2, 0.25) is 0 Å². The molecule has 0 heterocycles. The summed E-state index contributed by atoms with van der Waals surface area (Å²) in [6.07, 6.45) is 2.75. The van der Waals surface area contributed by atoms with Crippen LogP contribution in [0.15, 0.2) is 46.9 Å². The number of anilines is 1. The van der Waals surface area contributed by atoms with E-state index in [1.807, 2.05) is 31.2 Å². The van der Waals surface area contributed by atoms with Gasteiger partial charge in [0.25, 0.3) is 5.91 Å². The van der Waals surface area contributed by atoms with Crippen LogP contribution in [0.5, 0.6) is 11.5 Å². The average molecular weight is 420 g/mol. The van der Waals surface area contributed by atoms with Gasteiger partial charge in [0, 0.05) is 4.47 Å². The quantitative estimate of drug-likeness (QED) is 0.575. The molecule has 1 amide bonds. The number of ether oxygens (including phenoxy) is 2. The second-order valence-corrected chi connectivity index (χ2v) is 6.93. The third-order valence-corrected chi connectivity index (χ3v) is 4.58. The molecule has 2 aromatic rings. The van der Waals surface area contributed by atoms with Crippen LogP contribution in [0.2, 0.25) is 0 Å². The lowest BCUT2D eigenvalue weighted by atomic mass is 10.1. The first kappa shape index (κ1) is 20.3. The van der Waals surface area contributed by atoms with E-state index < -0.39 is 6.10 Å². The van der Waals surface area contributed by atoms with Crippen molar-refractivity contribution >= 4 is 27.5 Å². The molecular formula is C21H26BrNO3. The zero-order valence-electron chi connectivity index (χ0n) is 15.5. The fourth-order valence-electron chi connectivity index (χ4n) is 2.47. The van der Waals surface area contributed by atoms with Crippen molar-refractivity contribution in [1.82, 2.24) is 0 Å². The SMILES string of the molecule is CCCCc1ccc(NC(=O)C(C)Oc2ccc(OCC)cc2)c(Br)c1. The fraction of sp³-hybridized carbons (Fsp3) is 0.381. The normalized spacial score (nSPS) is 11.7. The zero-order valence-corrected chi connectivity index (χ0v) is 17.1. The Bertz CT molecular complexity index is 716. The minimum atomic E-state index is -0.611. The van der Waals surface area contributed by atoms with Gasteiger partial charge in [-0.05, 0) is 84.6 Å². The zero-order chi connectivity index (χ0) is 18.9. The van der Waals surface area contributed by atoms with E-state index in [4.69, 9.17) is 9.47 Å². The van der Waals surface area contributed by atoms with Crippen LogP contribution >= 0.6 is 15.9 Å². The van der Waals surface area contributed by atoms with Gasteiger partial charge in [-0.3, -0.25) is 4.79 Å². The highest BCUT2D eigenvalue weighted by atomic mass is 79.9. The van der Waals surface area contributed by atoms with Crippen molar-refractivity contribution in [2.24, 2.45) is 0 Å². The summed E-state index contributed by atoms with van der Waals surface area (Å²) in [5.41, 5.74) is 2.01. The van der Waals surface area contributed by atoms with Gasteiger partial charge >= 0.3 is 0 Å². The Balaban J connectivity index is 1.93. The molecule has 140 valence electrons. The van der Waals surface area contributed by atoms with Crippen molar-refractivity contribution in [1.29, 1.82) is 0 Å². The number of nitrogens with one attached hydrogen (secondary N) is 1. The molecule has 0 bridgehead atoms. The predicted octanol–water partition coefficient (Wildman–Crippen LogP) is 5.60.